The lowest BCUT2D eigenvalue weighted by Crippen LogP contribution is -2.42. The van der Waals surface area contributed by atoms with Gasteiger partial charge in [-0.25, -0.2) is 9.67 Å². The van der Waals surface area contributed by atoms with Crippen LogP contribution in [-0.4, -0.2) is 35.4 Å². The summed E-state index contributed by atoms with van der Waals surface area (Å²) >= 11 is 0. The monoisotopic (exact) mass is 559 g/mol. The molecule has 2 heterocycles. The summed E-state index contributed by atoms with van der Waals surface area (Å²) in [5.74, 6) is 1.24. The molecule has 6 nitrogen and oxygen atoms in total. The van der Waals surface area contributed by atoms with Gasteiger partial charge in [0.05, 0.1) is 24.5 Å². The third-order valence-corrected chi connectivity index (χ3v) is 5.80. The third-order valence-electron chi connectivity index (χ3n) is 5.80. The van der Waals surface area contributed by atoms with Crippen molar-refractivity contribution >= 4 is 29.9 Å². The van der Waals surface area contributed by atoms with Crippen LogP contribution in [0.15, 0.2) is 72.0 Å². The van der Waals surface area contributed by atoms with E-state index in [1.54, 1.807) is 0 Å². The number of aryl methyl sites for hydroxylation is 1. The number of benzene rings is 2. The summed E-state index contributed by atoms with van der Waals surface area (Å²) in [6, 6.07) is 18.8. The summed E-state index contributed by atoms with van der Waals surface area (Å²) in [5.41, 5.74) is 4.66. The van der Waals surface area contributed by atoms with Gasteiger partial charge >= 0.3 is 0 Å². The van der Waals surface area contributed by atoms with E-state index in [0.29, 0.717) is 12.5 Å². The molecule has 1 aliphatic heterocycles. The highest BCUT2D eigenvalue weighted by Gasteiger charge is 2.27. The highest BCUT2D eigenvalue weighted by Crippen LogP contribution is 2.33. The highest BCUT2D eigenvalue weighted by molar-refractivity contribution is 14.0. The molecule has 33 heavy (non-hydrogen) atoms. The van der Waals surface area contributed by atoms with Crippen molar-refractivity contribution in [3.63, 3.8) is 0 Å². The van der Waals surface area contributed by atoms with Crippen LogP contribution in [0.2, 0.25) is 0 Å². The summed E-state index contributed by atoms with van der Waals surface area (Å²) < 4.78 is 8.06. The maximum Gasteiger partial charge on any atom is 0.191 e. The molecule has 2 unspecified atom stereocenters. The van der Waals surface area contributed by atoms with Gasteiger partial charge in [-0.1, -0.05) is 48.0 Å². The molecule has 2 N–H and O–H groups in total. The number of aliphatic imine (C=N–C) groups is 1. The van der Waals surface area contributed by atoms with Crippen LogP contribution < -0.4 is 10.6 Å². The van der Waals surface area contributed by atoms with E-state index in [2.05, 4.69) is 53.8 Å². The number of guanidine groups is 1. The first-order valence-corrected chi connectivity index (χ1v) is 11.5. The fourth-order valence-electron chi connectivity index (χ4n) is 4.08. The number of halogens is 1. The summed E-state index contributed by atoms with van der Waals surface area (Å²) in [4.78, 5) is 4.78. The summed E-state index contributed by atoms with van der Waals surface area (Å²) in [6.07, 6.45) is 6.28. The number of aromatic nitrogens is 2. The molecule has 0 amide bonds. The van der Waals surface area contributed by atoms with Gasteiger partial charge < -0.3 is 15.4 Å². The lowest BCUT2D eigenvalue weighted by atomic mass is 9.89. The SMILES string of the molecule is CCNC(=NCc1cnn(-c2ccccc2)c1)NCC1CCCOC1c1ccc(C)cc1.I. The summed E-state index contributed by atoms with van der Waals surface area (Å²) in [5, 5.41) is 11.4. The molecular weight excluding hydrogens is 525 g/mol. The van der Waals surface area contributed by atoms with Gasteiger partial charge in [-0.15, -0.1) is 24.0 Å². The normalized spacial score (nSPS) is 18.4. The first kappa shape index (κ1) is 25.2. The zero-order valence-electron chi connectivity index (χ0n) is 19.4. The largest absolute Gasteiger partial charge is 0.373 e. The molecule has 0 saturated carbocycles. The van der Waals surface area contributed by atoms with Gasteiger partial charge in [0, 0.05) is 37.4 Å². The van der Waals surface area contributed by atoms with Crippen molar-refractivity contribution in [3.05, 3.63) is 83.7 Å². The number of hydrogen-bond acceptors (Lipinski definition) is 3. The van der Waals surface area contributed by atoms with Gasteiger partial charge in [0.15, 0.2) is 5.96 Å². The number of para-hydroxylation sites is 1. The predicted octanol–water partition coefficient (Wildman–Crippen LogP) is 5.02. The van der Waals surface area contributed by atoms with Crippen LogP contribution in [0.5, 0.6) is 0 Å². The fourth-order valence-corrected chi connectivity index (χ4v) is 4.08. The number of rotatable bonds is 7. The van der Waals surface area contributed by atoms with Gasteiger partial charge in [0.25, 0.3) is 0 Å². The molecule has 4 rings (SSSR count). The minimum atomic E-state index is 0. The standard InChI is InChI=1S/C26H33N5O.HI/c1-3-27-26(28-16-21-17-30-31(19-21)24-9-5-4-6-10-24)29-18-23-8-7-15-32-25(23)22-13-11-20(2)12-14-22;/h4-6,9-14,17,19,23,25H,3,7-8,15-16,18H2,1-2H3,(H2,27,28,29);1H. The molecule has 2 aromatic carbocycles. The van der Waals surface area contributed by atoms with Gasteiger partial charge in [0.1, 0.15) is 0 Å². The van der Waals surface area contributed by atoms with Crippen molar-refractivity contribution in [1.29, 1.82) is 0 Å². The molecule has 0 aliphatic carbocycles. The zero-order chi connectivity index (χ0) is 22.2. The van der Waals surface area contributed by atoms with E-state index in [-0.39, 0.29) is 30.1 Å². The molecule has 176 valence electrons. The van der Waals surface area contributed by atoms with Crippen molar-refractivity contribution < 1.29 is 4.74 Å². The Balaban J connectivity index is 0.00000306. The van der Waals surface area contributed by atoms with Crippen LogP contribution >= 0.6 is 24.0 Å². The summed E-state index contributed by atoms with van der Waals surface area (Å²) in [6.45, 7) is 7.25. The molecule has 1 fully saturated rings. The van der Waals surface area contributed by atoms with Crippen LogP contribution in [0.1, 0.15) is 42.6 Å². The second-order valence-corrected chi connectivity index (χ2v) is 8.31. The summed E-state index contributed by atoms with van der Waals surface area (Å²) in [7, 11) is 0. The predicted molar refractivity (Wildman–Crippen MR) is 144 cm³/mol. The van der Waals surface area contributed by atoms with Gasteiger partial charge in [-0.05, 0) is 44.4 Å². The average molecular weight is 559 g/mol. The molecule has 7 heteroatoms. The van der Waals surface area contributed by atoms with E-state index >= 15 is 0 Å². The van der Waals surface area contributed by atoms with Crippen LogP contribution in [0.3, 0.4) is 0 Å². The van der Waals surface area contributed by atoms with Crippen LogP contribution in [0.25, 0.3) is 5.69 Å². The number of ether oxygens (including phenoxy) is 1. The highest BCUT2D eigenvalue weighted by atomic mass is 127. The topological polar surface area (TPSA) is 63.5 Å². The van der Waals surface area contributed by atoms with Crippen molar-refractivity contribution in [2.75, 3.05) is 19.7 Å². The first-order valence-electron chi connectivity index (χ1n) is 11.5. The van der Waals surface area contributed by atoms with E-state index in [4.69, 9.17) is 9.73 Å². The van der Waals surface area contributed by atoms with Crippen LogP contribution in [0.4, 0.5) is 0 Å². The Kier molecular flexibility index (Phi) is 9.75. The van der Waals surface area contributed by atoms with Crippen molar-refractivity contribution in [3.8, 4) is 5.69 Å². The van der Waals surface area contributed by atoms with E-state index in [9.17, 15) is 0 Å². The molecule has 0 radical (unpaired) electrons. The van der Waals surface area contributed by atoms with Gasteiger partial charge in [-0.2, -0.15) is 5.10 Å². The van der Waals surface area contributed by atoms with Crippen molar-refractivity contribution in [1.82, 2.24) is 20.4 Å². The maximum atomic E-state index is 6.17. The van der Waals surface area contributed by atoms with Crippen molar-refractivity contribution in [2.24, 2.45) is 10.9 Å². The molecule has 2 atom stereocenters. The second kappa shape index (κ2) is 12.7. The molecule has 1 saturated heterocycles. The Morgan fingerprint density at radius 2 is 1.91 bits per heavy atom. The Labute approximate surface area is 213 Å². The van der Waals surface area contributed by atoms with Gasteiger partial charge in [0.2, 0.25) is 0 Å². The zero-order valence-corrected chi connectivity index (χ0v) is 21.7. The minimum absolute atomic E-state index is 0. The number of hydrogen-bond donors (Lipinski definition) is 2. The molecule has 3 aromatic rings. The Morgan fingerprint density at radius 3 is 2.67 bits per heavy atom. The van der Waals surface area contributed by atoms with E-state index in [1.165, 1.54) is 11.1 Å². The lowest BCUT2D eigenvalue weighted by Gasteiger charge is -2.32. The smallest absolute Gasteiger partial charge is 0.191 e. The van der Waals surface area contributed by atoms with Crippen molar-refractivity contribution in [2.45, 2.75) is 39.3 Å². The molecular formula is C26H34IN5O. The minimum Gasteiger partial charge on any atom is -0.373 e. The fraction of sp³-hybridized carbons (Fsp3) is 0.385. The third kappa shape index (κ3) is 7.04. The number of nitrogens with zero attached hydrogens (tertiary/aromatic N) is 3. The van der Waals surface area contributed by atoms with Crippen LogP contribution in [-0.2, 0) is 11.3 Å². The Bertz CT molecular complexity index is 1000. The van der Waals surface area contributed by atoms with Crippen LogP contribution in [0, 0.1) is 12.8 Å². The van der Waals surface area contributed by atoms with E-state index < -0.39 is 0 Å². The van der Waals surface area contributed by atoms with E-state index in [0.717, 1.165) is 49.7 Å². The average Bonchev–Trinajstić information content (AvgIpc) is 3.31. The first-order chi connectivity index (χ1) is 15.7. The molecule has 1 aliphatic rings. The quantitative estimate of drug-likeness (QED) is 0.243. The number of nitrogens with one attached hydrogen (secondary N) is 2. The van der Waals surface area contributed by atoms with E-state index in [1.807, 2.05) is 47.4 Å². The maximum absolute atomic E-state index is 6.17. The van der Waals surface area contributed by atoms with Gasteiger partial charge in [-0.3, -0.25) is 0 Å². The molecule has 0 spiro atoms. The lowest BCUT2D eigenvalue weighted by molar-refractivity contribution is -0.0265. The Morgan fingerprint density at radius 1 is 1.12 bits per heavy atom. The molecule has 0 bridgehead atoms. The molecule has 1 aromatic heterocycles. The Hall–Kier alpha value is -2.39. The second-order valence-electron chi connectivity index (χ2n) is 8.31.